The van der Waals surface area contributed by atoms with Gasteiger partial charge in [-0.05, 0) is 30.9 Å². The van der Waals surface area contributed by atoms with Crippen molar-refractivity contribution in [2.24, 2.45) is 11.8 Å². The lowest BCUT2D eigenvalue weighted by Gasteiger charge is -2.41. The van der Waals surface area contributed by atoms with Crippen molar-refractivity contribution in [3.05, 3.63) is 43.1 Å². The second-order valence-electron chi connectivity index (χ2n) is 5.20. The minimum atomic E-state index is 0.523. The van der Waals surface area contributed by atoms with Gasteiger partial charge in [0.25, 0.3) is 0 Å². The molecule has 1 fully saturated rings. The highest BCUT2D eigenvalue weighted by Gasteiger charge is 2.41. The fourth-order valence-electron chi connectivity index (χ4n) is 3.09. The Morgan fingerprint density at radius 1 is 1.37 bits per heavy atom. The number of nitrogens with zero attached hydrogens (tertiary/aromatic N) is 4. The third kappa shape index (κ3) is 1.73. The number of fused-ring (bicyclic) bond motifs is 1. The van der Waals surface area contributed by atoms with E-state index in [1.165, 1.54) is 19.2 Å². The van der Waals surface area contributed by atoms with Gasteiger partial charge in [0.15, 0.2) is 5.82 Å². The molecule has 0 saturated heterocycles. The van der Waals surface area contributed by atoms with E-state index in [2.05, 4.69) is 38.6 Å². The number of hydrogen-bond donors (Lipinski definition) is 1. The van der Waals surface area contributed by atoms with Crippen molar-refractivity contribution in [3.8, 4) is 5.82 Å². The van der Waals surface area contributed by atoms with Crippen molar-refractivity contribution < 1.29 is 0 Å². The Kier molecular flexibility index (Phi) is 2.36. The van der Waals surface area contributed by atoms with Gasteiger partial charge in [-0.2, -0.15) is 5.10 Å². The molecule has 0 radical (unpaired) electrons. The summed E-state index contributed by atoms with van der Waals surface area (Å²) < 4.78 is 1.70. The van der Waals surface area contributed by atoms with Crippen LogP contribution in [0.25, 0.3) is 5.82 Å². The Hall–Kier alpha value is -2.17. The molecule has 19 heavy (non-hydrogen) atoms. The minimum Gasteiger partial charge on any atom is -0.379 e. The van der Waals surface area contributed by atoms with Crippen LogP contribution in [0.15, 0.2) is 43.1 Å². The molecule has 0 spiro atoms. The predicted molar refractivity (Wildman–Crippen MR) is 71.9 cm³/mol. The van der Waals surface area contributed by atoms with E-state index in [0.717, 1.165) is 17.4 Å². The molecule has 2 aliphatic rings. The Morgan fingerprint density at radius 2 is 2.37 bits per heavy atom. The van der Waals surface area contributed by atoms with E-state index in [0.29, 0.717) is 12.0 Å². The van der Waals surface area contributed by atoms with E-state index in [4.69, 9.17) is 0 Å². The van der Waals surface area contributed by atoms with Gasteiger partial charge in [-0.3, -0.25) is 0 Å². The highest BCUT2D eigenvalue weighted by molar-refractivity contribution is 5.57. The largest absolute Gasteiger partial charge is 0.379 e. The van der Waals surface area contributed by atoms with Crippen LogP contribution in [-0.4, -0.2) is 25.8 Å². The van der Waals surface area contributed by atoms with Crippen LogP contribution in [0, 0.1) is 11.8 Å². The van der Waals surface area contributed by atoms with Crippen molar-refractivity contribution >= 4 is 5.69 Å². The topological polar surface area (TPSA) is 55.6 Å². The summed E-state index contributed by atoms with van der Waals surface area (Å²) in [7, 11) is 0. The normalized spacial score (nSPS) is 27.9. The molecule has 0 aliphatic heterocycles. The molecular formula is C14H15N5. The van der Waals surface area contributed by atoms with Crippen LogP contribution in [0.3, 0.4) is 0 Å². The fraction of sp³-hybridized carbons (Fsp3) is 0.357. The van der Waals surface area contributed by atoms with Gasteiger partial charge in [-0.15, -0.1) is 0 Å². The summed E-state index contributed by atoms with van der Waals surface area (Å²) >= 11 is 0. The van der Waals surface area contributed by atoms with E-state index >= 15 is 0 Å². The first-order chi connectivity index (χ1) is 9.42. The summed E-state index contributed by atoms with van der Waals surface area (Å²) in [5.74, 6) is 2.35. The average molecular weight is 253 g/mol. The summed E-state index contributed by atoms with van der Waals surface area (Å²) in [6.45, 7) is 0. The van der Waals surface area contributed by atoms with Crippen LogP contribution in [0.2, 0.25) is 0 Å². The van der Waals surface area contributed by atoms with E-state index in [9.17, 15) is 0 Å². The van der Waals surface area contributed by atoms with Gasteiger partial charge in [-0.1, -0.05) is 12.2 Å². The Balaban J connectivity index is 1.60. The van der Waals surface area contributed by atoms with Crippen LogP contribution in [0.1, 0.15) is 12.8 Å². The molecule has 0 amide bonds. The van der Waals surface area contributed by atoms with Crippen molar-refractivity contribution in [2.75, 3.05) is 5.32 Å². The molecular weight excluding hydrogens is 238 g/mol. The summed E-state index contributed by atoms with van der Waals surface area (Å²) in [5, 5.41) is 7.76. The van der Waals surface area contributed by atoms with Crippen LogP contribution < -0.4 is 5.32 Å². The quantitative estimate of drug-likeness (QED) is 0.850. The number of anilines is 1. The van der Waals surface area contributed by atoms with E-state index < -0.39 is 0 Å². The molecule has 2 aromatic rings. The molecule has 4 rings (SSSR count). The Morgan fingerprint density at radius 3 is 3.21 bits per heavy atom. The van der Waals surface area contributed by atoms with Crippen molar-refractivity contribution in [1.29, 1.82) is 0 Å². The zero-order chi connectivity index (χ0) is 12.7. The van der Waals surface area contributed by atoms with Crippen LogP contribution >= 0.6 is 0 Å². The van der Waals surface area contributed by atoms with Gasteiger partial charge >= 0.3 is 0 Å². The highest BCUT2D eigenvalue weighted by atomic mass is 15.3. The van der Waals surface area contributed by atoms with Gasteiger partial charge < -0.3 is 5.32 Å². The number of nitrogens with one attached hydrogen (secondary N) is 1. The third-order valence-corrected chi connectivity index (χ3v) is 4.13. The number of pyridine rings is 1. The Bertz CT molecular complexity index is 604. The molecule has 0 bridgehead atoms. The molecule has 5 heteroatoms. The van der Waals surface area contributed by atoms with Gasteiger partial charge in [0.1, 0.15) is 12.7 Å². The van der Waals surface area contributed by atoms with Crippen molar-refractivity contribution in [3.63, 3.8) is 0 Å². The molecule has 3 atom stereocenters. The zero-order valence-electron chi connectivity index (χ0n) is 10.5. The standard InChI is InChI=1S/C14H15N5/c1-3-10-7-13(11(10)4-1)18-12-5-2-6-16-14(12)19-9-15-8-17-19/h1-2,4-6,8-11,13,18H,3,7H2. The fourth-order valence-corrected chi connectivity index (χ4v) is 3.09. The first-order valence-electron chi connectivity index (χ1n) is 6.65. The van der Waals surface area contributed by atoms with Gasteiger partial charge in [-0.25, -0.2) is 14.6 Å². The number of allylic oxidation sites excluding steroid dienone is 1. The highest BCUT2D eigenvalue weighted by Crippen LogP contribution is 2.44. The van der Waals surface area contributed by atoms with Gasteiger partial charge in [0.2, 0.25) is 0 Å². The lowest BCUT2D eigenvalue weighted by Crippen LogP contribution is -2.43. The molecule has 96 valence electrons. The van der Waals surface area contributed by atoms with Gasteiger partial charge in [0, 0.05) is 18.2 Å². The van der Waals surface area contributed by atoms with Crippen LogP contribution in [-0.2, 0) is 0 Å². The lowest BCUT2D eigenvalue weighted by molar-refractivity contribution is 0.218. The predicted octanol–water partition coefficient (Wildman–Crippen LogP) is 2.04. The van der Waals surface area contributed by atoms with Crippen LogP contribution in [0.5, 0.6) is 0 Å². The molecule has 2 heterocycles. The summed E-state index contributed by atoms with van der Waals surface area (Å²) in [6, 6.07) is 4.52. The summed E-state index contributed by atoms with van der Waals surface area (Å²) in [5.41, 5.74) is 1.02. The first-order valence-corrected chi connectivity index (χ1v) is 6.65. The Labute approximate surface area is 111 Å². The molecule has 1 N–H and O–H groups in total. The van der Waals surface area contributed by atoms with Gasteiger partial charge in [0.05, 0.1) is 5.69 Å². The third-order valence-electron chi connectivity index (χ3n) is 4.13. The number of aromatic nitrogens is 4. The molecule has 0 aromatic carbocycles. The van der Waals surface area contributed by atoms with E-state index in [-0.39, 0.29) is 0 Å². The second-order valence-corrected chi connectivity index (χ2v) is 5.20. The number of rotatable bonds is 3. The lowest BCUT2D eigenvalue weighted by atomic mass is 9.71. The molecule has 5 nitrogen and oxygen atoms in total. The maximum Gasteiger partial charge on any atom is 0.178 e. The van der Waals surface area contributed by atoms with E-state index in [1.54, 1.807) is 17.2 Å². The second kappa shape index (κ2) is 4.19. The summed E-state index contributed by atoms with van der Waals surface area (Å²) in [6.07, 6.45) is 12.1. The van der Waals surface area contributed by atoms with Crippen molar-refractivity contribution in [2.45, 2.75) is 18.9 Å². The molecule has 3 unspecified atom stereocenters. The first kappa shape index (κ1) is 10.7. The zero-order valence-corrected chi connectivity index (χ0v) is 10.5. The monoisotopic (exact) mass is 253 g/mol. The SMILES string of the molecule is C1=CC2C(C1)CC2Nc1cccnc1-n1cncn1. The van der Waals surface area contributed by atoms with E-state index in [1.807, 2.05) is 6.07 Å². The summed E-state index contributed by atoms with van der Waals surface area (Å²) in [4.78, 5) is 8.38. The maximum absolute atomic E-state index is 4.40. The maximum atomic E-state index is 4.40. The molecule has 1 saturated carbocycles. The molecule has 2 aromatic heterocycles. The molecule has 2 aliphatic carbocycles. The number of hydrogen-bond acceptors (Lipinski definition) is 4. The van der Waals surface area contributed by atoms with Crippen LogP contribution in [0.4, 0.5) is 5.69 Å². The average Bonchev–Trinajstić information content (AvgIpc) is 3.06. The smallest absolute Gasteiger partial charge is 0.178 e. The van der Waals surface area contributed by atoms with Crippen molar-refractivity contribution in [1.82, 2.24) is 19.7 Å². The minimum absolute atomic E-state index is 0.523.